The first-order valence-corrected chi connectivity index (χ1v) is 28.8. The van der Waals surface area contributed by atoms with E-state index in [4.69, 9.17) is 18.5 Å². The van der Waals surface area contributed by atoms with E-state index in [-0.39, 0.29) is 12.8 Å². The zero-order valence-electron chi connectivity index (χ0n) is 39.7. The number of phosphoric acid groups is 3. The molecule has 1 rings (SSSR count). The Morgan fingerprint density at radius 3 is 1.36 bits per heavy atom. The fourth-order valence-electron chi connectivity index (χ4n) is 7.25. The van der Waals surface area contributed by atoms with Crippen molar-refractivity contribution in [2.45, 2.75) is 224 Å². The molecule has 0 aliphatic heterocycles. The monoisotopic (exact) mass is 1020 g/mol. The smallest absolute Gasteiger partial charge is 0.462 e. The molecule has 0 bridgehead atoms. The Hall–Kier alpha value is -1.63. The highest BCUT2D eigenvalue weighted by Crippen LogP contribution is 2.51. The second-order valence-electron chi connectivity index (χ2n) is 17.0. The zero-order chi connectivity index (χ0) is 50.0. The van der Waals surface area contributed by atoms with Gasteiger partial charge in [-0.3, -0.25) is 27.7 Å². The first-order chi connectivity index (χ1) is 31.8. The molecule has 1 aliphatic carbocycles. The van der Waals surface area contributed by atoms with Gasteiger partial charge in [0.05, 0.1) is 6.61 Å². The molecule has 8 unspecified atom stereocenters. The maximum absolute atomic E-state index is 13.1. The average molecular weight is 1020 g/mol. The van der Waals surface area contributed by atoms with Crippen molar-refractivity contribution in [1.82, 2.24) is 0 Å². The van der Waals surface area contributed by atoms with Crippen molar-refractivity contribution in [1.29, 1.82) is 0 Å². The van der Waals surface area contributed by atoms with Crippen LogP contribution < -0.4 is 0 Å². The second kappa shape index (κ2) is 37.2. The summed E-state index contributed by atoms with van der Waals surface area (Å²) in [5.74, 6) is -1.32. The number of hydrogen-bond donors (Lipinski definition) is 8. The van der Waals surface area contributed by atoms with Crippen molar-refractivity contribution in [3.63, 3.8) is 0 Å². The molecule has 22 heteroatoms. The van der Waals surface area contributed by atoms with Gasteiger partial charge in [-0.05, 0) is 70.6 Å². The topological polar surface area (TPSA) is 303 Å². The van der Waals surface area contributed by atoms with E-state index >= 15 is 0 Å². The lowest BCUT2D eigenvalue weighted by molar-refractivity contribution is -0.213. The Labute approximate surface area is 398 Å². The predicted octanol–water partition coefficient (Wildman–Crippen LogP) is 8.85. The van der Waals surface area contributed by atoms with E-state index in [0.29, 0.717) is 12.8 Å². The van der Waals surface area contributed by atoms with E-state index in [9.17, 15) is 63.1 Å². The number of ether oxygens (including phenoxy) is 2. The van der Waals surface area contributed by atoms with Gasteiger partial charge in [0.2, 0.25) is 0 Å². The summed E-state index contributed by atoms with van der Waals surface area (Å²) in [7, 11) is -16.6. The van der Waals surface area contributed by atoms with Gasteiger partial charge in [0.1, 0.15) is 43.2 Å². The molecule has 0 spiro atoms. The summed E-state index contributed by atoms with van der Waals surface area (Å²) in [4.78, 5) is 73.2. The summed E-state index contributed by atoms with van der Waals surface area (Å²) in [6, 6.07) is 0. The van der Waals surface area contributed by atoms with Crippen LogP contribution in [0.4, 0.5) is 0 Å². The summed E-state index contributed by atoms with van der Waals surface area (Å²) in [5, 5.41) is 31.9. The SMILES string of the molecule is CCCCCC=CCC=CCCCCCCCC(=O)OCC(COP(=O)(O)OC1C(O)C(O)C(OP(=O)(O)O)C(OP(=O)(O)O)C1O)OC(=O)CCCCCCCC=CCCCCCCCC. The number of esters is 2. The van der Waals surface area contributed by atoms with Gasteiger partial charge in [-0.2, -0.15) is 0 Å². The van der Waals surface area contributed by atoms with Crippen LogP contribution in [-0.4, -0.2) is 108 Å². The minimum atomic E-state index is -5.60. The number of hydrogen-bond acceptors (Lipinski definition) is 14. The molecule has 19 nitrogen and oxygen atoms in total. The lowest BCUT2D eigenvalue weighted by Gasteiger charge is -2.44. The Morgan fingerprint density at radius 2 is 0.866 bits per heavy atom. The van der Waals surface area contributed by atoms with Crippen LogP contribution in [0.1, 0.15) is 181 Å². The van der Waals surface area contributed by atoms with Gasteiger partial charge in [-0.1, -0.05) is 134 Å². The number of carbonyl (C=O) groups is 2. The largest absolute Gasteiger partial charge is 0.472 e. The molecule has 1 fully saturated rings. The van der Waals surface area contributed by atoms with Gasteiger partial charge in [0.15, 0.2) is 6.10 Å². The summed E-state index contributed by atoms with van der Waals surface area (Å²) in [6.45, 7) is 2.90. The Morgan fingerprint density at radius 1 is 0.478 bits per heavy atom. The van der Waals surface area contributed by atoms with Crippen molar-refractivity contribution in [3.8, 4) is 0 Å². The van der Waals surface area contributed by atoms with Gasteiger partial charge in [0.25, 0.3) is 0 Å². The summed E-state index contributed by atoms with van der Waals surface area (Å²) < 4.78 is 65.5. The highest BCUT2D eigenvalue weighted by molar-refractivity contribution is 7.47. The number of phosphoric ester groups is 3. The lowest BCUT2D eigenvalue weighted by Crippen LogP contribution is -2.65. The summed E-state index contributed by atoms with van der Waals surface area (Å²) in [5.41, 5.74) is 0. The van der Waals surface area contributed by atoms with Crippen LogP contribution >= 0.6 is 23.5 Å². The fraction of sp³-hybridized carbons (Fsp3) is 0.822. The van der Waals surface area contributed by atoms with Crippen molar-refractivity contribution in [2.75, 3.05) is 13.2 Å². The molecule has 0 heterocycles. The molecule has 1 aliphatic rings. The molecular formula is C45H83O19P3. The standard InChI is InChI=1S/C45H83O19P3/c1-3-5-7-9-11-13-15-17-19-21-23-25-27-29-31-33-38(46)59-35-37(61-39(47)34-32-30-28-26-24-22-20-18-16-14-12-10-8-6-4-2)36-60-67(57,58)64-43-40(48)41(49)44(62-65(51,52)53)45(42(43)50)63-66(54,55)56/h11,13,17-20,37,40-45,48-50H,3-10,12,14-16,21-36H2,1-2H3,(H,57,58)(H2,51,52,53)(H2,54,55,56). The summed E-state index contributed by atoms with van der Waals surface area (Å²) >= 11 is 0. The Balaban J connectivity index is 2.74. The second-order valence-corrected chi connectivity index (χ2v) is 20.8. The number of allylic oxidation sites excluding steroid dienone is 6. The average Bonchev–Trinajstić information content (AvgIpc) is 3.25. The van der Waals surface area contributed by atoms with E-state index in [1.807, 2.05) is 0 Å². The highest BCUT2D eigenvalue weighted by Gasteiger charge is 2.56. The van der Waals surface area contributed by atoms with Crippen LogP contribution in [0.5, 0.6) is 0 Å². The minimum absolute atomic E-state index is 0.0149. The third-order valence-electron chi connectivity index (χ3n) is 10.9. The maximum Gasteiger partial charge on any atom is 0.472 e. The van der Waals surface area contributed by atoms with E-state index < -0.39 is 91.3 Å². The maximum atomic E-state index is 13.1. The van der Waals surface area contributed by atoms with Crippen molar-refractivity contribution in [2.24, 2.45) is 0 Å². The first-order valence-electron chi connectivity index (χ1n) is 24.3. The number of rotatable bonds is 41. The molecule has 8 N–H and O–H groups in total. The molecule has 0 aromatic carbocycles. The Bertz CT molecular complexity index is 1550. The van der Waals surface area contributed by atoms with Crippen LogP contribution in [0.15, 0.2) is 36.5 Å². The quantitative estimate of drug-likeness (QED) is 0.0123. The zero-order valence-corrected chi connectivity index (χ0v) is 42.4. The molecular weight excluding hydrogens is 937 g/mol. The van der Waals surface area contributed by atoms with Crippen LogP contribution in [0, 0.1) is 0 Å². The molecule has 0 amide bonds. The number of unbranched alkanes of at least 4 members (excludes halogenated alkanes) is 19. The van der Waals surface area contributed by atoms with Crippen molar-refractivity contribution in [3.05, 3.63) is 36.5 Å². The summed E-state index contributed by atoms with van der Waals surface area (Å²) in [6.07, 6.45) is 21.6. The molecule has 1 saturated carbocycles. The van der Waals surface area contributed by atoms with E-state index in [1.165, 1.54) is 57.8 Å². The Kier molecular flexibility index (Phi) is 35.2. The number of aliphatic hydroxyl groups excluding tert-OH is 3. The normalized spacial score (nSPS) is 21.9. The fourth-order valence-corrected chi connectivity index (χ4v) is 9.35. The lowest BCUT2D eigenvalue weighted by atomic mass is 9.85. The minimum Gasteiger partial charge on any atom is -0.462 e. The third-order valence-corrected chi connectivity index (χ3v) is 12.9. The molecule has 67 heavy (non-hydrogen) atoms. The van der Waals surface area contributed by atoms with Crippen LogP contribution in [0.2, 0.25) is 0 Å². The third kappa shape index (κ3) is 33.6. The molecule has 392 valence electrons. The molecule has 0 aromatic heterocycles. The molecule has 0 aromatic rings. The van der Waals surface area contributed by atoms with Crippen LogP contribution in [0.25, 0.3) is 0 Å². The first kappa shape index (κ1) is 63.4. The number of carbonyl (C=O) groups excluding carboxylic acids is 2. The van der Waals surface area contributed by atoms with Gasteiger partial charge >= 0.3 is 35.4 Å². The van der Waals surface area contributed by atoms with Gasteiger partial charge in [-0.15, -0.1) is 0 Å². The van der Waals surface area contributed by atoms with Crippen molar-refractivity contribution < 1.29 is 90.6 Å². The van der Waals surface area contributed by atoms with E-state index in [0.717, 1.165) is 83.5 Å². The molecule has 0 radical (unpaired) electrons. The highest BCUT2D eigenvalue weighted by atomic mass is 31.2. The molecule has 8 atom stereocenters. The van der Waals surface area contributed by atoms with Gasteiger partial charge in [0, 0.05) is 12.8 Å². The van der Waals surface area contributed by atoms with Gasteiger partial charge < -0.3 is 49.3 Å². The van der Waals surface area contributed by atoms with Crippen molar-refractivity contribution >= 4 is 35.4 Å². The van der Waals surface area contributed by atoms with Crippen LogP contribution in [0.3, 0.4) is 0 Å². The van der Waals surface area contributed by atoms with Crippen LogP contribution in [-0.2, 0) is 50.9 Å². The van der Waals surface area contributed by atoms with Gasteiger partial charge in [-0.25, -0.2) is 13.7 Å². The van der Waals surface area contributed by atoms with E-state index in [1.54, 1.807) is 0 Å². The van der Waals surface area contributed by atoms with E-state index in [2.05, 4.69) is 59.4 Å². The predicted molar refractivity (Wildman–Crippen MR) is 252 cm³/mol. The molecule has 0 saturated heterocycles. The number of aliphatic hydroxyl groups is 3.